The van der Waals surface area contributed by atoms with Crippen molar-refractivity contribution in [3.63, 3.8) is 0 Å². The van der Waals surface area contributed by atoms with Gasteiger partial charge in [-0.15, -0.1) is 0 Å². The lowest BCUT2D eigenvalue weighted by atomic mass is 10.0. The number of alkyl carbamates (subject to hydrolysis) is 2. The van der Waals surface area contributed by atoms with Crippen LogP contribution < -0.4 is 10.6 Å². The molecule has 0 bridgehead atoms. The highest BCUT2D eigenvalue weighted by Crippen LogP contribution is 2.41. The molecule has 4 aromatic carbocycles. The number of rotatable bonds is 11. The van der Waals surface area contributed by atoms with Crippen molar-refractivity contribution < 1.29 is 41.8 Å². The average molecular weight is 875 g/mol. The lowest BCUT2D eigenvalue weighted by Crippen LogP contribution is -2.42. The minimum atomic E-state index is -4.77. The molecule has 2 saturated heterocycles. The molecule has 2 aliphatic rings. The van der Waals surface area contributed by atoms with Crippen LogP contribution in [0, 0.1) is 0 Å². The molecule has 2 fully saturated rings. The molecule has 8 rings (SSSR count). The van der Waals surface area contributed by atoms with Crippen LogP contribution >= 0.6 is 0 Å². The molecule has 0 spiro atoms. The molecule has 6 aromatic rings. The van der Waals surface area contributed by atoms with Crippen LogP contribution in [0.15, 0.2) is 115 Å². The molecule has 0 saturated carbocycles. The Kier molecular flexibility index (Phi) is 12.5. The Labute approximate surface area is 366 Å². The summed E-state index contributed by atoms with van der Waals surface area (Å²) in [5, 5.41) is 5.24. The summed E-state index contributed by atoms with van der Waals surface area (Å²) in [5.41, 5.74) is 3.20. The van der Waals surface area contributed by atoms with E-state index in [9.17, 15) is 32.3 Å². The molecule has 330 valence electrons. The van der Waals surface area contributed by atoms with Crippen LogP contribution in [-0.2, 0) is 25.2 Å². The number of imidazole rings is 2. The minimum Gasteiger partial charge on any atom is -0.453 e. The van der Waals surface area contributed by atoms with Crippen molar-refractivity contribution in [2.75, 3.05) is 27.3 Å². The van der Waals surface area contributed by atoms with Crippen molar-refractivity contribution >= 4 is 24.0 Å². The van der Waals surface area contributed by atoms with Crippen LogP contribution in [0.5, 0.6) is 0 Å². The van der Waals surface area contributed by atoms with Gasteiger partial charge in [0, 0.05) is 18.7 Å². The van der Waals surface area contributed by atoms with Gasteiger partial charge in [-0.1, -0.05) is 109 Å². The summed E-state index contributed by atoms with van der Waals surface area (Å²) >= 11 is 0. The van der Waals surface area contributed by atoms with Crippen LogP contribution in [0.1, 0.15) is 78.3 Å². The zero-order valence-electron chi connectivity index (χ0n) is 34.9. The third kappa shape index (κ3) is 9.05. The van der Waals surface area contributed by atoms with Gasteiger partial charge < -0.3 is 39.9 Å². The number of likely N-dealkylation sites (tertiary alicyclic amines) is 2. The van der Waals surface area contributed by atoms with Gasteiger partial charge in [0.15, 0.2) is 0 Å². The van der Waals surface area contributed by atoms with E-state index < -0.39 is 48.1 Å². The molecule has 0 radical (unpaired) electrons. The number of nitrogens with one attached hydrogen (secondary N) is 4. The largest absolute Gasteiger partial charge is 0.453 e. The summed E-state index contributed by atoms with van der Waals surface area (Å²) in [6.07, 6.45) is -2.27. The maximum absolute atomic E-state index is 14.6. The van der Waals surface area contributed by atoms with E-state index >= 15 is 0 Å². The summed E-state index contributed by atoms with van der Waals surface area (Å²) in [6.45, 7) is 0.751. The quantitative estimate of drug-likeness (QED) is 0.100. The number of aromatic amines is 2. The maximum Gasteiger partial charge on any atom is 0.433 e. The molecule has 2 aliphatic heterocycles. The molecule has 0 aliphatic carbocycles. The third-order valence-electron chi connectivity index (χ3n) is 11.6. The number of benzene rings is 4. The van der Waals surface area contributed by atoms with Crippen molar-refractivity contribution in [2.24, 2.45) is 0 Å². The topological polar surface area (TPSA) is 175 Å². The SMILES string of the molecule is COC(=O)N[C@@H](C(=O)N1CCC[C@@H]1c1ncc(-c2ccc(-c3ccc(-c4nc([C@H]5CCCN5C(=O)[C@H](NC(=O)OC)c5ccccc5)[nH]c4C(F)(F)F)cc3)cc2)[nH]1)c1ccccc1. The first-order valence-corrected chi connectivity index (χ1v) is 20.8. The van der Waals surface area contributed by atoms with E-state index in [0.717, 1.165) is 28.8 Å². The average Bonchev–Trinajstić information content (AvgIpc) is 4.17. The fourth-order valence-electron chi connectivity index (χ4n) is 8.46. The second-order valence-corrected chi connectivity index (χ2v) is 15.5. The number of ether oxygens (including phenoxy) is 2. The summed E-state index contributed by atoms with van der Waals surface area (Å²) in [7, 11) is 2.43. The maximum atomic E-state index is 14.6. The zero-order chi connectivity index (χ0) is 45.0. The lowest BCUT2D eigenvalue weighted by Gasteiger charge is -2.28. The van der Waals surface area contributed by atoms with Crippen LogP contribution in [0.3, 0.4) is 0 Å². The summed E-state index contributed by atoms with van der Waals surface area (Å²) < 4.78 is 53.3. The summed E-state index contributed by atoms with van der Waals surface area (Å²) in [4.78, 5) is 70.5. The van der Waals surface area contributed by atoms with E-state index in [2.05, 4.69) is 30.6 Å². The molecule has 14 nitrogen and oxygen atoms in total. The van der Waals surface area contributed by atoms with Gasteiger partial charge in [-0.3, -0.25) is 9.59 Å². The van der Waals surface area contributed by atoms with Gasteiger partial charge >= 0.3 is 18.4 Å². The Morgan fingerprint density at radius 1 is 0.641 bits per heavy atom. The Balaban J connectivity index is 0.982. The number of amides is 4. The van der Waals surface area contributed by atoms with Gasteiger partial charge in [0.2, 0.25) is 0 Å². The van der Waals surface area contributed by atoms with Gasteiger partial charge in [0.1, 0.15) is 35.1 Å². The van der Waals surface area contributed by atoms with Gasteiger partial charge in [-0.2, -0.15) is 13.2 Å². The first-order valence-electron chi connectivity index (χ1n) is 20.8. The Morgan fingerprint density at radius 3 is 1.56 bits per heavy atom. The molecule has 17 heteroatoms. The van der Waals surface area contributed by atoms with Crippen molar-refractivity contribution in [2.45, 2.75) is 56.0 Å². The van der Waals surface area contributed by atoms with Crippen molar-refractivity contribution in [1.82, 2.24) is 40.4 Å². The van der Waals surface area contributed by atoms with E-state index in [-0.39, 0.29) is 35.6 Å². The van der Waals surface area contributed by atoms with Crippen molar-refractivity contribution in [3.05, 3.63) is 144 Å². The fourth-order valence-corrected chi connectivity index (χ4v) is 8.46. The summed E-state index contributed by atoms with van der Waals surface area (Å²) in [5.74, 6) is -0.154. The first-order chi connectivity index (χ1) is 30.9. The summed E-state index contributed by atoms with van der Waals surface area (Å²) in [6, 6.07) is 28.6. The van der Waals surface area contributed by atoms with Crippen LogP contribution in [0.25, 0.3) is 33.6 Å². The van der Waals surface area contributed by atoms with E-state index in [1.807, 2.05) is 30.3 Å². The predicted octanol–water partition coefficient (Wildman–Crippen LogP) is 8.67. The Hall–Kier alpha value is -7.43. The number of carbonyl (C=O) groups is 4. The number of hydrogen-bond acceptors (Lipinski definition) is 8. The predicted molar refractivity (Wildman–Crippen MR) is 229 cm³/mol. The zero-order valence-corrected chi connectivity index (χ0v) is 34.9. The molecular formula is C47H45F3N8O6. The van der Waals surface area contributed by atoms with Gasteiger partial charge in [-0.25, -0.2) is 19.6 Å². The number of hydrogen-bond donors (Lipinski definition) is 4. The van der Waals surface area contributed by atoms with E-state index in [0.29, 0.717) is 42.8 Å². The normalized spacial score (nSPS) is 17.1. The molecule has 0 unspecified atom stereocenters. The lowest BCUT2D eigenvalue weighted by molar-refractivity contribution is -0.140. The number of aromatic nitrogens is 4. The number of carbonyl (C=O) groups excluding carboxylic acids is 4. The number of nitrogens with zero attached hydrogens (tertiary/aromatic N) is 4. The number of halogens is 3. The number of alkyl halides is 3. The molecule has 4 atom stereocenters. The second kappa shape index (κ2) is 18.5. The third-order valence-corrected chi connectivity index (χ3v) is 11.6. The highest BCUT2D eigenvalue weighted by Gasteiger charge is 2.42. The molecule has 2 aromatic heterocycles. The van der Waals surface area contributed by atoms with Crippen molar-refractivity contribution in [1.29, 1.82) is 0 Å². The van der Waals surface area contributed by atoms with Gasteiger partial charge in [0.25, 0.3) is 11.8 Å². The fraction of sp³-hybridized carbons (Fsp3) is 0.277. The minimum absolute atomic E-state index is 0.00104. The Bertz CT molecular complexity index is 2600. The van der Waals surface area contributed by atoms with E-state index in [1.54, 1.807) is 90.0 Å². The smallest absolute Gasteiger partial charge is 0.433 e. The van der Waals surface area contributed by atoms with Crippen LogP contribution in [0.4, 0.5) is 22.8 Å². The molecule has 4 N–H and O–H groups in total. The molecular weight excluding hydrogens is 830 g/mol. The Morgan fingerprint density at radius 2 is 1.09 bits per heavy atom. The molecule has 4 heterocycles. The highest BCUT2D eigenvalue weighted by molar-refractivity contribution is 5.88. The van der Waals surface area contributed by atoms with Crippen LogP contribution in [0.2, 0.25) is 0 Å². The second-order valence-electron chi connectivity index (χ2n) is 15.5. The molecule has 64 heavy (non-hydrogen) atoms. The monoisotopic (exact) mass is 874 g/mol. The van der Waals surface area contributed by atoms with E-state index in [1.165, 1.54) is 19.1 Å². The number of H-pyrrole nitrogens is 2. The van der Waals surface area contributed by atoms with E-state index in [4.69, 9.17) is 9.47 Å². The van der Waals surface area contributed by atoms with Gasteiger partial charge in [-0.05, 0) is 53.5 Å². The van der Waals surface area contributed by atoms with Crippen molar-refractivity contribution in [3.8, 4) is 33.6 Å². The number of methoxy groups -OCH3 is 2. The van der Waals surface area contributed by atoms with Gasteiger partial charge in [0.05, 0.1) is 38.2 Å². The first kappa shape index (κ1) is 43.2. The molecule has 4 amide bonds. The van der Waals surface area contributed by atoms with Crippen LogP contribution in [-0.4, -0.2) is 81.0 Å². The standard InChI is InChI=1S/C47H45F3N8O6/c1-63-45(61)54-38(31-11-5-3-6-12-31)43(59)57-25-9-15-35(57)41-51-27-34(52-41)30-21-17-28(18-22-30)29-19-23-33(24-20-29)37-40(47(48,49)50)56-42(53-37)36-16-10-26-58(36)44(60)39(55-46(62)64-2)32-13-7-4-8-14-32/h3-8,11-14,17-24,27,35-36,38-39H,9-10,15-16,25-26H2,1-2H3,(H,51,52)(H,53,56)(H,54,61)(H,55,62)/t35-,36-,38-,39-/m1/s1. The highest BCUT2D eigenvalue weighted by atomic mass is 19.4.